The van der Waals surface area contributed by atoms with Crippen molar-refractivity contribution in [3.05, 3.63) is 35.0 Å². The Morgan fingerprint density at radius 3 is 2.91 bits per heavy atom. The maximum Gasteiger partial charge on any atom is 0.169 e. The fraction of sp³-hybridized carbons (Fsp3) is 0.444. The lowest BCUT2D eigenvalue weighted by Gasteiger charge is -2.26. The maximum atomic E-state index is 12.7. The van der Waals surface area contributed by atoms with Crippen LogP contribution in [-0.2, 0) is 0 Å². The van der Waals surface area contributed by atoms with Crippen molar-refractivity contribution in [3.8, 4) is 0 Å². The molecular formula is C18H20ClN3O. The molecule has 2 heterocycles. The highest BCUT2D eigenvalue weighted by molar-refractivity contribution is 6.31. The molecule has 2 fully saturated rings. The van der Waals surface area contributed by atoms with Crippen molar-refractivity contribution in [2.45, 2.75) is 31.7 Å². The molecule has 1 atom stereocenters. The van der Waals surface area contributed by atoms with Crippen LogP contribution < -0.4 is 10.6 Å². The zero-order valence-electron chi connectivity index (χ0n) is 12.9. The van der Waals surface area contributed by atoms with Crippen LogP contribution in [0.2, 0.25) is 5.02 Å². The average molecular weight is 330 g/mol. The van der Waals surface area contributed by atoms with E-state index in [1.54, 1.807) is 6.20 Å². The van der Waals surface area contributed by atoms with E-state index in [4.69, 9.17) is 11.6 Å². The zero-order chi connectivity index (χ0) is 15.8. The number of aromatic nitrogens is 1. The third-order valence-electron chi connectivity index (χ3n) is 4.69. The molecule has 2 aliphatic rings. The van der Waals surface area contributed by atoms with Crippen LogP contribution in [0.3, 0.4) is 0 Å². The number of pyridine rings is 1. The molecule has 0 amide bonds. The number of nitrogens with zero attached hydrogens (tertiary/aromatic N) is 1. The predicted octanol–water partition coefficient (Wildman–Crippen LogP) is 3.64. The normalized spacial score (nSPS) is 21.3. The molecule has 23 heavy (non-hydrogen) atoms. The van der Waals surface area contributed by atoms with Crippen molar-refractivity contribution in [3.63, 3.8) is 0 Å². The van der Waals surface area contributed by atoms with Crippen molar-refractivity contribution >= 4 is 34.0 Å². The summed E-state index contributed by atoms with van der Waals surface area (Å²) in [5.74, 6) is 0.393. The van der Waals surface area contributed by atoms with Crippen LogP contribution in [0, 0.1) is 5.92 Å². The van der Waals surface area contributed by atoms with E-state index >= 15 is 0 Å². The van der Waals surface area contributed by atoms with Gasteiger partial charge in [0.2, 0.25) is 0 Å². The molecule has 0 spiro atoms. The molecular weight excluding hydrogens is 310 g/mol. The highest BCUT2D eigenvalue weighted by Gasteiger charge is 2.33. The van der Waals surface area contributed by atoms with E-state index in [0.29, 0.717) is 16.6 Å². The molecule has 4 nitrogen and oxygen atoms in total. The SMILES string of the molecule is O=C(c1cnc2ccc(Cl)cc2c1NC1CCCNC1)C1CC1. The summed E-state index contributed by atoms with van der Waals surface area (Å²) >= 11 is 6.19. The van der Waals surface area contributed by atoms with Crippen LogP contribution >= 0.6 is 11.6 Å². The summed E-state index contributed by atoms with van der Waals surface area (Å²) in [6, 6.07) is 5.99. The summed E-state index contributed by atoms with van der Waals surface area (Å²) < 4.78 is 0. The molecule has 2 N–H and O–H groups in total. The Balaban J connectivity index is 1.79. The maximum absolute atomic E-state index is 12.7. The molecule has 2 aromatic rings. The van der Waals surface area contributed by atoms with Gasteiger partial charge >= 0.3 is 0 Å². The van der Waals surface area contributed by atoms with Gasteiger partial charge in [0.15, 0.2) is 5.78 Å². The van der Waals surface area contributed by atoms with Gasteiger partial charge in [-0.2, -0.15) is 0 Å². The first-order valence-electron chi connectivity index (χ1n) is 8.32. The van der Waals surface area contributed by atoms with E-state index in [-0.39, 0.29) is 11.7 Å². The minimum Gasteiger partial charge on any atom is -0.380 e. The highest BCUT2D eigenvalue weighted by atomic mass is 35.5. The molecule has 120 valence electrons. The van der Waals surface area contributed by atoms with Crippen LogP contribution in [0.15, 0.2) is 24.4 Å². The third kappa shape index (κ3) is 3.06. The van der Waals surface area contributed by atoms with Gasteiger partial charge in [-0.05, 0) is 50.4 Å². The molecule has 1 unspecified atom stereocenters. The van der Waals surface area contributed by atoms with E-state index in [1.807, 2.05) is 18.2 Å². The number of anilines is 1. The van der Waals surface area contributed by atoms with E-state index < -0.39 is 0 Å². The quantitative estimate of drug-likeness (QED) is 0.841. The van der Waals surface area contributed by atoms with Crippen molar-refractivity contribution in [2.75, 3.05) is 18.4 Å². The molecule has 1 saturated carbocycles. The Bertz CT molecular complexity index is 751. The van der Waals surface area contributed by atoms with Crippen molar-refractivity contribution in [1.82, 2.24) is 10.3 Å². The summed E-state index contributed by atoms with van der Waals surface area (Å²) in [4.78, 5) is 17.1. The first kappa shape index (κ1) is 14.9. The molecule has 1 aliphatic heterocycles. The molecule has 0 radical (unpaired) electrons. The van der Waals surface area contributed by atoms with Gasteiger partial charge in [-0.3, -0.25) is 9.78 Å². The van der Waals surface area contributed by atoms with Gasteiger partial charge in [0.25, 0.3) is 0 Å². The van der Waals surface area contributed by atoms with Gasteiger partial charge in [-0.25, -0.2) is 0 Å². The molecule has 4 rings (SSSR count). The first-order chi connectivity index (χ1) is 11.2. The smallest absolute Gasteiger partial charge is 0.169 e. The molecule has 1 saturated heterocycles. The van der Waals surface area contributed by atoms with Gasteiger partial charge in [0.1, 0.15) is 0 Å². The fourth-order valence-corrected chi connectivity index (χ4v) is 3.42. The Hall–Kier alpha value is -1.65. The fourth-order valence-electron chi connectivity index (χ4n) is 3.25. The second-order valence-electron chi connectivity index (χ2n) is 6.53. The number of halogens is 1. The number of hydrogen-bond donors (Lipinski definition) is 2. The second kappa shape index (κ2) is 6.10. The Kier molecular flexibility index (Phi) is 3.95. The summed E-state index contributed by atoms with van der Waals surface area (Å²) in [7, 11) is 0. The van der Waals surface area contributed by atoms with Gasteiger partial charge < -0.3 is 10.6 Å². The summed E-state index contributed by atoms with van der Waals surface area (Å²) in [5, 5.41) is 8.62. The second-order valence-corrected chi connectivity index (χ2v) is 6.97. The van der Waals surface area contributed by atoms with E-state index in [1.165, 1.54) is 0 Å². The minimum absolute atomic E-state index is 0.179. The molecule has 0 bridgehead atoms. The number of rotatable bonds is 4. The molecule has 1 aromatic carbocycles. The lowest BCUT2D eigenvalue weighted by molar-refractivity contribution is 0.0968. The minimum atomic E-state index is 0.179. The monoisotopic (exact) mass is 329 g/mol. The number of Topliss-reactive ketones (excluding diaryl/α,β-unsaturated/α-hetero) is 1. The van der Waals surface area contributed by atoms with Crippen molar-refractivity contribution in [2.24, 2.45) is 5.92 Å². The summed E-state index contributed by atoms with van der Waals surface area (Å²) in [6.07, 6.45) is 5.98. The number of carbonyl (C=O) groups is 1. The number of ketones is 1. The first-order valence-corrected chi connectivity index (χ1v) is 8.70. The van der Waals surface area contributed by atoms with E-state index in [0.717, 1.165) is 55.4 Å². The number of benzene rings is 1. The van der Waals surface area contributed by atoms with Crippen LogP contribution in [-0.4, -0.2) is 29.9 Å². The van der Waals surface area contributed by atoms with E-state index in [9.17, 15) is 4.79 Å². The van der Waals surface area contributed by atoms with Crippen LogP contribution in [0.1, 0.15) is 36.0 Å². The zero-order valence-corrected chi connectivity index (χ0v) is 13.7. The summed E-state index contributed by atoms with van der Waals surface area (Å²) in [6.45, 7) is 1.98. The number of piperidine rings is 1. The van der Waals surface area contributed by atoms with Crippen LogP contribution in [0.5, 0.6) is 0 Å². The Morgan fingerprint density at radius 1 is 1.30 bits per heavy atom. The topological polar surface area (TPSA) is 54.0 Å². The van der Waals surface area contributed by atoms with E-state index in [2.05, 4.69) is 15.6 Å². The van der Waals surface area contributed by atoms with Crippen molar-refractivity contribution < 1.29 is 4.79 Å². The highest BCUT2D eigenvalue weighted by Crippen LogP contribution is 2.37. The average Bonchev–Trinajstić information content (AvgIpc) is 3.41. The summed E-state index contributed by atoms with van der Waals surface area (Å²) in [5.41, 5.74) is 2.49. The lowest BCUT2D eigenvalue weighted by Crippen LogP contribution is -2.38. The number of hydrogen-bond acceptors (Lipinski definition) is 4. The molecule has 5 heteroatoms. The van der Waals surface area contributed by atoms with Crippen LogP contribution in [0.4, 0.5) is 5.69 Å². The van der Waals surface area contributed by atoms with Gasteiger partial charge in [0.05, 0.1) is 16.8 Å². The molecule has 1 aliphatic carbocycles. The third-order valence-corrected chi connectivity index (χ3v) is 4.92. The standard InChI is InChI=1S/C18H20ClN3O/c19-12-5-6-16-14(8-12)17(22-13-2-1-7-20-9-13)15(10-21-16)18(23)11-3-4-11/h5-6,8,10-11,13,20H,1-4,7,9H2,(H,21,22). The van der Waals surface area contributed by atoms with Crippen molar-refractivity contribution in [1.29, 1.82) is 0 Å². The number of fused-ring (bicyclic) bond motifs is 1. The number of nitrogens with one attached hydrogen (secondary N) is 2. The molecule has 1 aromatic heterocycles. The van der Waals surface area contributed by atoms with Gasteiger partial charge in [-0.1, -0.05) is 11.6 Å². The van der Waals surface area contributed by atoms with Gasteiger partial charge in [-0.15, -0.1) is 0 Å². The van der Waals surface area contributed by atoms with Crippen LogP contribution in [0.25, 0.3) is 10.9 Å². The lowest BCUT2D eigenvalue weighted by atomic mass is 10.0. The largest absolute Gasteiger partial charge is 0.380 e. The number of carbonyl (C=O) groups excluding carboxylic acids is 1. The van der Waals surface area contributed by atoms with Gasteiger partial charge in [0, 0.05) is 35.1 Å². The Morgan fingerprint density at radius 2 is 2.17 bits per heavy atom. The predicted molar refractivity (Wildman–Crippen MR) is 93.3 cm³/mol. The Labute approximate surface area is 140 Å².